The summed E-state index contributed by atoms with van der Waals surface area (Å²) < 4.78 is 0. The number of benzene rings is 1. The number of nitrogens with zero attached hydrogens (tertiary/aromatic N) is 1. The molecule has 2 nitrogen and oxygen atoms in total. The van der Waals surface area contributed by atoms with E-state index in [9.17, 15) is 0 Å². The molecule has 1 aromatic rings. The zero-order chi connectivity index (χ0) is 12.6. The van der Waals surface area contributed by atoms with Gasteiger partial charge in [-0.15, -0.1) is 0 Å². The lowest BCUT2D eigenvalue weighted by atomic mass is 9.94. The van der Waals surface area contributed by atoms with Crippen LogP contribution in [-0.4, -0.2) is 12.6 Å². The maximum absolute atomic E-state index is 6.14. The number of anilines is 2. The number of rotatable bonds is 1. The van der Waals surface area contributed by atoms with E-state index >= 15 is 0 Å². The lowest BCUT2D eigenvalue weighted by molar-refractivity contribution is 0.390. The van der Waals surface area contributed by atoms with Crippen molar-refractivity contribution in [2.24, 2.45) is 5.92 Å². The van der Waals surface area contributed by atoms with Crippen molar-refractivity contribution in [3.63, 3.8) is 0 Å². The highest BCUT2D eigenvalue weighted by molar-refractivity contribution is 6.33. The molecular weight excluding hydrogens is 232 g/mol. The Kier molecular flexibility index (Phi) is 3.53. The lowest BCUT2D eigenvalue weighted by Crippen LogP contribution is -2.41. The first-order valence-corrected chi connectivity index (χ1v) is 6.69. The van der Waals surface area contributed by atoms with Gasteiger partial charge in [-0.25, -0.2) is 0 Å². The molecular formula is C14H21ClN2. The second-order valence-electron chi connectivity index (χ2n) is 5.34. The minimum Gasteiger partial charge on any atom is -0.398 e. The Morgan fingerprint density at radius 2 is 2.00 bits per heavy atom. The van der Waals surface area contributed by atoms with E-state index in [-0.39, 0.29) is 0 Å². The zero-order valence-electron chi connectivity index (χ0n) is 10.8. The van der Waals surface area contributed by atoms with Crippen molar-refractivity contribution in [2.45, 2.75) is 39.7 Å². The van der Waals surface area contributed by atoms with E-state index in [2.05, 4.69) is 25.7 Å². The van der Waals surface area contributed by atoms with Crippen LogP contribution in [0.3, 0.4) is 0 Å². The fourth-order valence-electron chi connectivity index (χ4n) is 2.63. The summed E-state index contributed by atoms with van der Waals surface area (Å²) in [7, 11) is 0. The SMILES string of the molecule is Cc1cc(N)c(Cl)cc1N1CC(C)CCC1C. The van der Waals surface area contributed by atoms with Crippen LogP contribution in [0.5, 0.6) is 0 Å². The van der Waals surface area contributed by atoms with Crippen molar-refractivity contribution in [2.75, 3.05) is 17.2 Å². The Hall–Kier alpha value is -0.890. The van der Waals surface area contributed by atoms with E-state index < -0.39 is 0 Å². The van der Waals surface area contributed by atoms with Gasteiger partial charge in [0.15, 0.2) is 0 Å². The molecule has 0 saturated carbocycles. The van der Waals surface area contributed by atoms with Crippen LogP contribution in [0.4, 0.5) is 11.4 Å². The maximum atomic E-state index is 6.14. The largest absolute Gasteiger partial charge is 0.398 e. The number of nitrogen functional groups attached to an aromatic ring is 1. The predicted molar refractivity (Wildman–Crippen MR) is 75.8 cm³/mol. The Morgan fingerprint density at radius 3 is 2.71 bits per heavy atom. The standard InChI is InChI=1S/C14H21ClN2/c1-9-4-5-11(3)17(8-9)14-7-12(15)13(16)6-10(14)2/h6-7,9,11H,4-5,8,16H2,1-3H3. The van der Waals surface area contributed by atoms with Crippen molar-refractivity contribution in [3.8, 4) is 0 Å². The van der Waals surface area contributed by atoms with Gasteiger partial charge in [-0.05, 0) is 50.3 Å². The highest BCUT2D eigenvalue weighted by Gasteiger charge is 2.24. The third-order valence-electron chi connectivity index (χ3n) is 3.74. The normalized spacial score (nSPS) is 25.1. The Balaban J connectivity index is 2.35. The first-order chi connectivity index (χ1) is 7.99. The highest BCUT2D eigenvalue weighted by Crippen LogP contribution is 2.34. The number of aryl methyl sites for hydroxylation is 1. The monoisotopic (exact) mass is 252 g/mol. The molecule has 94 valence electrons. The van der Waals surface area contributed by atoms with E-state index in [1.807, 2.05) is 12.1 Å². The molecule has 1 saturated heterocycles. The second-order valence-corrected chi connectivity index (χ2v) is 5.75. The van der Waals surface area contributed by atoms with Crippen LogP contribution in [0.2, 0.25) is 5.02 Å². The maximum Gasteiger partial charge on any atom is 0.0656 e. The summed E-state index contributed by atoms with van der Waals surface area (Å²) in [5.41, 5.74) is 8.96. The summed E-state index contributed by atoms with van der Waals surface area (Å²) in [6, 6.07) is 4.58. The van der Waals surface area contributed by atoms with Gasteiger partial charge in [0.25, 0.3) is 0 Å². The van der Waals surface area contributed by atoms with Gasteiger partial charge in [0.1, 0.15) is 0 Å². The van der Waals surface area contributed by atoms with Crippen LogP contribution in [-0.2, 0) is 0 Å². The van der Waals surface area contributed by atoms with E-state index in [4.69, 9.17) is 17.3 Å². The summed E-state index contributed by atoms with van der Waals surface area (Å²) in [6.45, 7) is 7.82. The quantitative estimate of drug-likeness (QED) is 0.770. The molecule has 0 bridgehead atoms. The van der Waals surface area contributed by atoms with Crippen molar-refractivity contribution in [1.29, 1.82) is 0 Å². The first kappa shape index (κ1) is 12.6. The molecule has 2 atom stereocenters. The number of halogens is 1. The van der Waals surface area contributed by atoms with Crippen LogP contribution in [0.25, 0.3) is 0 Å². The minimum absolute atomic E-state index is 0.588. The fourth-order valence-corrected chi connectivity index (χ4v) is 2.79. The average Bonchev–Trinajstić information content (AvgIpc) is 2.27. The molecule has 0 spiro atoms. The molecule has 1 fully saturated rings. The third kappa shape index (κ3) is 2.52. The fraction of sp³-hybridized carbons (Fsp3) is 0.571. The zero-order valence-corrected chi connectivity index (χ0v) is 11.6. The van der Waals surface area contributed by atoms with Crippen molar-refractivity contribution >= 4 is 23.0 Å². The van der Waals surface area contributed by atoms with Crippen LogP contribution >= 0.6 is 11.6 Å². The summed E-state index contributed by atoms with van der Waals surface area (Å²) >= 11 is 6.14. The second kappa shape index (κ2) is 4.77. The number of piperidine rings is 1. The Bertz CT molecular complexity index is 417. The molecule has 17 heavy (non-hydrogen) atoms. The summed E-state index contributed by atoms with van der Waals surface area (Å²) in [4.78, 5) is 2.47. The van der Waals surface area contributed by atoms with Gasteiger partial charge in [-0.1, -0.05) is 18.5 Å². The topological polar surface area (TPSA) is 29.3 Å². The Labute approximate surface area is 109 Å². The van der Waals surface area contributed by atoms with Gasteiger partial charge < -0.3 is 10.6 Å². The first-order valence-electron chi connectivity index (χ1n) is 6.31. The molecule has 1 aliphatic heterocycles. The van der Waals surface area contributed by atoms with Gasteiger partial charge in [0.2, 0.25) is 0 Å². The molecule has 0 aromatic heterocycles. The average molecular weight is 253 g/mol. The molecule has 3 heteroatoms. The van der Waals surface area contributed by atoms with Crippen LogP contribution < -0.4 is 10.6 Å². The number of hydrogen-bond donors (Lipinski definition) is 1. The lowest BCUT2D eigenvalue weighted by Gasteiger charge is -2.39. The molecule has 2 unspecified atom stereocenters. The predicted octanol–water partition coefficient (Wildman–Crippen LogP) is 3.86. The molecule has 0 aliphatic carbocycles. The molecule has 1 aliphatic rings. The molecule has 0 amide bonds. The van der Waals surface area contributed by atoms with Crippen LogP contribution in [0.15, 0.2) is 12.1 Å². The molecule has 1 aromatic carbocycles. The summed E-state index contributed by atoms with van der Waals surface area (Å²) in [5.74, 6) is 0.752. The van der Waals surface area contributed by atoms with Gasteiger partial charge >= 0.3 is 0 Å². The van der Waals surface area contributed by atoms with E-state index in [1.54, 1.807) is 0 Å². The van der Waals surface area contributed by atoms with E-state index in [1.165, 1.54) is 24.1 Å². The van der Waals surface area contributed by atoms with Crippen molar-refractivity contribution in [3.05, 3.63) is 22.7 Å². The van der Waals surface area contributed by atoms with Crippen LogP contribution in [0.1, 0.15) is 32.3 Å². The van der Waals surface area contributed by atoms with Gasteiger partial charge in [-0.3, -0.25) is 0 Å². The van der Waals surface area contributed by atoms with Crippen molar-refractivity contribution in [1.82, 2.24) is 0 Å². The third-order valence-corrected chi connectivity index (χ3v) is 4.07. The molecule has 1 heterocycles. The summed E-state index contributed by atoms with van der Waals surface area (Å²) in [6.07, 6.45) is 2.57. The molecule has 2 rings (SSSR count). The van der Waals surface area contributed by atoms with Gasteiger partial charge in [0, 0.05) is 18.3 Å². The molecule has 2 N–H and O–H groups in total. The van der Waals surface area contributed by atoms with Crippen LogP contribution in [0, 0.1) is 12.8 Å². The van der Waals surface area contributed by atoms with E-state index in [0.29, 0.717) is 16.8 Å². The molecule has 0 radical (unpaired) electrons. The number of nitrogens with two attached hydrogens (primary N) is 1. The van der Waals surface area contributed by atoms with Crippen molar-refractivity contribution < 1.29 is 0 Å². The van der Waals surface area contributed by atoms with E-state index in [0.717, 1.165) is 12.5 Å². The smallest absolute Gasteiger partial charge is 0.0656 e. The Morgan fingerprint density at radius 1 is 1.29 bits per heavy atom. The van der Waals surface area contributed by atoms with Gasteiger partial charge in [0.05, 0.1) is 10.7 Å². The minimum atomic E-state index is 0.588. The number of hydrogen-bond acceptors (Lipinski definition) is 2. The van der Waals surface area contributed by atoms with Gasteiger partial charge in [-0.2, -0.15) is 0 Å². The highest BCUT2D eigenvalue weighted by atomic mass is 35.5. The summed E-state index contributed by atoms with van der Waals surface area (Å²) in [5, 5.41) is 0.663.